The van der Waals surface area contributed by atoms with Gasteiger partial charge in [0, 0.05) is 19.3 Å². The van der Waals surface area contributed by atoms with E-state index in [4.69, 9.17) is 14.2 Å². The molecule has 13 nitrogen and oxygen atoms in total. The quantitative estimate of drug-likeness (QED) is 0.0195. The van der Waals surface area contributed by atoms with Crippen LogP contribution >= 0.6 is 0 Å². The number of allylic oxidation sites excluding steroid dienone is 6. The van der Waals surface area contributed by atoms with Crippen molar-refractivity contribution in [2.45, 2.75) is 218 Å². The van der Waals surface area contributed by atoms with Crippen LogP contribution in [0.25, 0.3) is 0 Å². The third kappa shape index (κ3) is 30.6. The Balaban J connectivity index is 5.25. The molecule has 4 N–H and O–H groups in total. The zero-order valence-corrected chi connectivity index (χ0v) is 37.7. The van der Waals surface area contributed by atoms with Gasteiger partial charge in [0.15, 0.2) is 0 Å². The molecule has 0 saturated carbocycles. The highest BCUT2D eigenvalue weighted by molar-refractivity contribution is 5.92. The van der Waals surface area contributed by atoms with E-state index >= 15 is 0 Å². The molecule has 0 radical (unpaired) electrons. The van der Waals surface area contributed by atoms with E-state index in [0.29, 0.717) is 12.8 Å². The van der Waals surface area contributed by atoms with E-state index in [1.54, 1.807) is 0 Å². The Morgan fingerprint density at radius 1 is 0.574 bits per heavy atom. The third-order valence-electron chi connectivity index (χ3n) is 10.5. The maximum Gasteiger partial charge on any atom is 0.349 e. The van der Waals surface area contributed by atoms with Crippen molar-refractivity contribution in [2.75, 3.05) is 6.61 Å². The minimum Gasteiger partial charge on any atom is -0.481 e. The number of carbonyl (C=O) groups is 6. The molecule has 0 aliphatic rings. The highest BCUT2D eigenvalue weighted by Gasteiger charge is 2.56. The first-order valence-corrected chi connectivity index (χ1v) is 23.2. The van der Waals surface area contributed by atoms with Crippen molar-refractivity contribution in [3.63, 3.8) is 0 Å². The van der Waals surface area contributed by atoms with Crippen molar-refractivity contribution < 1.29 is 63.4 Å². The van der Waals surface area contributed by atoms with Crippen molar-refractivity contribution in [2.24, 2.45) is 5.92 Å². The lowest BCUT2D eigenvalue weighted by atomic mass is 9.80. The van der Waals surface area contributed by atoms with Gasteiger partial charge in [-0.15, -0.1) is 0 Å². The minimum absolute atomic E-state index is 0.0438. The van der Waals surface area contributed by atoms with Crippen molar-refractivity contribution in [3.05, 3.63) is 36.5 Å². The number of hydrogen-bond acceptors (Lipinski definition) is 10. The number of hydrogen-bond donors (Lipinski definition) is 4. The molecule has 350 valence electrons. The zero-order valence-electron chi connectivity index (χ0n) is 37.7. The second kappa shape index (κ2) is 37.7. The lowest BCUT2D eigenvalue weighted by Gasteiger charge is -2.35. The van der Waals surface area contributed by atoms with E-state index in [9.17, 15) is 49.2 Å². The summed E-state index contributed by atoms with van der Waals surface area (Å²) in [6, 6.07) is 0. The molecule has 61 heavy (non-hydrogen) atoms. The summed E-state index contributed by atoms with van der Waals surface area (Å²) in [5, 5.41) is 39.5. The smallest absolute Gasteiger partial charge is 0.349 e. The molecule has 0 aromatic carbocycles. The number of aliphatic carboxylic acids is 3. The Kier molecular flexibility index (Phi) is 35.3. The molecular formula is C48H80O13. The first kappa shape index (κ1) is 57.0. The van der Waals surface area contributed by atoms with Gasteiger partial charge in [-0.25, -0.2) is 9.59 Å². The van der Waals surface area contributed by atoms with Crippen LogP contribution in [0.3, 0.4) is 0 Å². The van der Waals surface area contributed by atoms with Crippen LogP contribution in [0.15, 0.2) is 36.5 Å². The predicted molar refractivity (Wildman–Crippen MR) is 236 cm³/mol. The van der Waals surface area contributed by atoms with E-state index in [0.717, 1.165) is 90.4 Å². The molecular weight excluding hydrogens is 785 g/mol. The number of unbranched alkanes of at least 4 members (excludes halogenated alkanes) is 19. The number of esters is 3. The fraction of sp³-hybridized carbons (Fsp3) is 0.750. The Morgan fingerprint density at radius 3 is 1.46 bits per heavy atom. The summed E-state index contributed by atoms with van der Waals surface area (Å²) < 4.78 is 15.8. The van der Waals surface area contributed by atoms with Gasteiger partial charge in [-0.2, -0.15) is 0 Å². The molecule has 13 heteroatoms. The number of aliphatic hydroxyl groups excluding tert-OH is 1. The summed E-state index contributed by atoms with van der Waals surface area (Å²) in [7, 11) is 0. The number of ether oxygens (including phenoxy) is 3. The Labute approximate surface area is 365 Å². The van der Waals surface area contributed by atoms with E-state index < -0.39 is 79.0 Å². The molecule has 0 aromatic heterocycles. The highest BCUT2D eigenvalue weighted by Crippen LogP contribution is 2.33. The number of carbonyl (C=O) groups excluding carboxylic acids is 3. The summed E-state index contributed by atoms with van der Waals surface area (Å²) in [6.07, 6.45) is 32.3. The number of carboxylic acids is 3. The minimum atomic E-state index is -3.19. The monoisotopic (exact) mass is 865 g/mol. The maximum absolute atomic E-state index is 13.0. The topological polar surface area (TPSA) is 211 Å². The molecule has 0 amide bonds. The van der Waals surface area contributed by atoms with Crippen LogP contribution < -0.4 is 0 Å². The Bertz CT molecular complexity index is 1300. The van der Waals surface area contributed by atoms with E-state index in [2.05, 4.69) is 50.3 Å². The summed E-state index contributed by atoms with van der Waals surface area (Å²) >= 11 is 0. The van der Waals surface area contributed by atoms with Crippen molar-refractivity contribution >= 4 is 35.8 Å². The Hall–Kier alpha value is -4.00. The van der Waals surface area contributed by atoms with Crippen LogP contribution in [0.5, 0.6) is 0 Å². The van der Waals surface area contributed by atoms with Gasteiger partial charge in [0.05, 0.1) is 6.42 Å². The largest absolute Gasteiger partial charge is 0.481 e. The first-order chi connectivity index (χ1) is 29.3. The van der Waals surface area contributed by atoms with Crippen LogP contribution in [0.4, 0.5) is 0 Å². The van der Waals surface area contributed by atoms with Gasteiger partial charge < -0.3 is 34.6 Å². The van der Waals surface area contributed by atoms with Gasteiger partial charge >= 0.3 is 35.8 Å². The van der Waals surface area contributed by atoms with Gasteiger partial charge in [0.2, 0.25) is 5.60 Å². The van der Waals surface area contributed by atoms with E-state index in [-0.39, 0.29) is 12.8 Å². The lowest BCUT2D eigenvalue weighted by molar-refractivity contribution is -0.201. The average molecular weight is 865 g/mol. The highest BCUT2D eigenvalue weighted by atomic mass is 16.6. The van der Waals surface area contributed by atoms with Gasteiger partial charge in [-0.1, -0.05) is 134 Å². The fourth-order valence-corrected chi connectivity index (χ4v) is 6.82. The summed E-state index contributed by atoms with van der Waals surface area (Å²) in [4.78, 5) is 75.0. The molecule has 0 bridgehead atoms. The molecule has 0 heterocycles. The molecule has 0 aliphatic carbocycles. The molecule has 4 atom stereocenters. The van der Waals surface area contributed by atoms with Crippen LogP contribution in [-0.4, -0.2) is 80.7 Å². The second-order valence-corrected chi connectivity index (χ2v) is 16.1. The number of carboxylic acid groups (broad SMARTS) is 3. The van der Waals surface area contributed by atoms with Crippen molar-refractivity contribution in [3.8, 4) is 0 Å². The van der Waals surface area contributed by atoms with Crippen molar-refractivity contribution in [1.82, 2.24) is 0 Å². The fourth-order valence-electron chi connectivity index (χ4n) is 6.82. The standard InChI is InChI=1S/C48H80O13/c1-4-6-8-10-12-14-16-18-20-22-24-26-28-30-32-34-43(52)59-38-40(36-41(45(54)55)48(47(57)58,37-42(50)51)61-46(56)39(3)49)60-44(53)35-33-31-29-27-25-23-21-19-17-15-13-11-9-7-5-2/h13,15,18-21,39-41,49H,4-12,14,16-17,22-38H2,1-3H3,(H,50,51)(H,54,55)(H,57,58). The second-order valence-electron chi connectivity index (χ2n) is 16.1. The summed E-state index contributed by atoms with van der Waals surface area (Å²) in [5.41, 5.74) is -3.19. The van der Waals surface area contributed by atoms with Gasteiger partial charge in [0.25, 0.3) is 0 Å². The number of rotatable bonds is 41. The molecule has 0 spiro atoms. The lowest BCUT2D eigenvalue weighted by Crippen LogP contribution is -2.56. The van der Waals surface area contributed by atoms with Crippen LogP contribution in [0, 0.1) is 5.92 Å². The number of aliphatic hydroxyl groups is 1. The first-order valence-electron chi connectivity index (χ1n) is 23.2. The predicted octanol–water partition coefficient (Wildman–Crippen LogP) is 10.6. The SMILES string of the molecule is CCCCCC=CCC=CCCCCCCCC(=O)OC(COC(=O)CCCCCCCC=CCCCCCCCC)CC(C(=O)O)C(CC(=O)O)(OC(=O)C(C)O)C(=O)O. The van der Waals surface area contributed by atoms with Crippen LogP contribution in [0.1, 0.15) is 201 Å². The third-order valence-corrected chi connectivity index (χ3v) is 10.5. The molecule has 0 aliphatic heterocycles. The maximum atomic E-state index is 13.0. The summed E-state index contributed by atoms with van der Waals surface area (Å²) in [6.45, 7) is 4.72. The van der Waals surface area contributed by atoms with Gasteiger partial charge in [-0.3, -0.25) is 19.2 Å². The zero-order chi connectivity index (χ0) is 45.6. The van der Waals surface area contributed by atoms with E-state index in [1.165, 1.54) is 57.8 Å². The Morgan fingerprint density at radius 2 is 1.00 bits per heavy atom. The van der Waals surface area contributed by atoms with E-state index in [1.807, 2.05) is 0 Å². The molecule has 0 aromatic rings. The van der Waals surface area contributed by atoms with Gasteiger partial charge in [0.1, 0.15) is 24.7 Å². The molecule has 0 saturated heterocycles. The summed E-state index contributed by atoms with van der Waals surface area (Å²) in [5.74, 6) is -11.0. The van der Waals surface area contributed by atoms with Crippen molar-refractivity contribution in [1.29, 1.82) is 0 Å². The molecule has 4 unspecified atom stereocenters. The average Bonchev–Trinajstić information content (AvgIpc) is 3.20. The van der Waals surface area contributed by atoms with Gasteiger partial charge in [-0.05, 0) is 77.6 Å². The molecule has 0 fully saturated rings. The van der Waals surface area contributed by atoms with Crippen LogP contribution in [-0.2, 0) is 43.0 Å². The van der Waals surface area contributed by atoms with Crippen LogP contribution in [0.2, 0.25) is 0 Å². The molecule has 0 rings (SSSR count). The normalized spacial score (nSPS) is 14.2.